The van der Waals surface area contributed by atoms with Crippen LogP contribution in [-0.2, 0) is 4.74 Å². The molecule has 1 saturated heterocycles. The van der Waals surface area contributed by atoms with Gasteiger partial charge >= 0.3 is 0 Å². The maximum Gasteiger partial charge on any atom is 0.251 e. The number of hydrogen-bond donors (Lipinski definition) is 2. The summed E-state index contributed by atoms with van der Waals surface area (Å²) in [6, 6.07) is 11.1. The van der Waals surface area contributed by atoms with Crippen molar-refractivity contribution in [3.8, 4) is 5.69 Å². The first-order chi connectivity index (χ1) is 14.3. The van der Waals surface area contributed by atoms with E-state index in [9.17, 15) is 4.79 Å². The van der Waals surface area contributed by atoms with Gasteiger partial charge in [0.1, 0.15) is 18.0 Å². The number of benzene rings is 1. The van der Waals surface area contributed by atoms with Crippen LogP contribution in [0.25, 0.3) is 5.69 Å². The van der Waals surface area contributed by atoms with Crippen molar-refractivity contribution in [2.24, 2.45) is 0 Å². The summed E-state index contributed by atoms with van der Waals surface area (Å²) in [7, 11) is 0. The van der Waals surface area contributed by atoms with E-state index in [2.05, 4.69) is 30.6 Å². The monoisotopic (exact) mass is 393 g/mol. The summed E-state index contributed by atoms with van der Waals surface area (Å²) in [6.45, 7) is 4.10. The first-order valence-corrected chi connectivity index (χ1v) is 9.56. The maximum absolute atomic E-state index is 12.4. The molecule has 150 valence electrons. The molecular weight excluding hydrogens is 370 g/mol. The Morgan fingerprint density at radius 2 is 2.00 bits per heavy atom. The molecule has 0 radical (unpaired) electrons. The Labute approximate surface area is 168 Å². The Balaban J connectivity index is 1.27. The molecular formula is C20H23N7O2. The predicted molar refractivity (Wildman–Crippen MR) is 109 cm³/mol. The van der Waals surface area contributed by atoms with Crippen LogP contribution in [-0.4, -0.2) is 65.0 Å². The molecule has 29 heavy (non-hydrogen) atoms. The molecule has 0 saturated carbocycles. The van der Waals surface area contributed by atoms with Crippen molar-refractivity contribution in [1.82, 2.24) is 25.1 Å². The van der Waals surface area contributed by atoms with E-state index in [-0.39, 0.29) is 5.91 Å². The van der Waals surface area contributed by atoms with Crippen LogP contribution in [0.2, 0.25) is 0 Å². The van der Waals surface area contributed by atoms with Crippen molar-refractivity contribution in [2.45, 2.75) is 0 Å². The minimum absolute atomic E-state index is 0.127. The van der Waals surface area contributed by atoms with E-state index >= 15 is 0 Å². The molecule has 0 atom stereocenters. The quantitative estimate of drug-likeness (QED) is 0.585. The van der Waals surface area contributed by atoms with E-state index in [1.807, 2.05) is 36.5 Å². The Morgan fingerprint density at radius 3 is 2.83 bits per heavy atom. The van der Waals surface area contributed by atoms with Crippen LogP contribution in [0.4, 0.5) is 11.6 Å². The number of rotatable bonds is 7. The fraction of sp³-hybridized carbons (Fsp3) is 0.300. The molecule has 0 spiro atoms. The van der Waals surface area contributed by atoms with E-state index in [4.69, 9.17) is 4.74 Å². The number of aromatic nitrogens is 4. The molecule has 0 bridgehead atoms. The lowest BCUT2D eigenvalue weighted by Gasteiger charge is -2.27. The van der Waals surface area contributed by atoms with Gasteiger partial charge in [0, 0.05) is 50.2 Å². The van der Waals surface area contributed by atoms with Gasteiger partial charge < -0.3 is 20.3 Å². The highest BCUT2D eigenvalue weighted by molar-refractivity contribution is 5.94. The van der Waals surface area contributed by atoms with Crippen LogP contribution < -0.4 is 15.5 Å². The molecule has 9 nitrogen and oxygen atoms in total. The number of nitrogens with zero attached hydrogens (tertiary/aromatic N) is 5. The normalized spacial score (nSPS) is 13.9. The molecule has 3 aromatic rings. The maximum atomic E-state index is 12.4. The van der Waals surface area contributed by atoms with Gasteiger partial charge in [-0.2, -0.15) is 5.10 Å². The molecule has 1 amide bonds. The molecule has 0 aliphatic carbocycles. The third-order valence-corrected chi connectivity index (χ3v) is 4.58. The van der Waals surface area contributed by atoms with Crippen molar-refractivity contribution >= 4 is 17.5 Å². The summed E-state index contributed by atoms with van der Waals surface area (Å²) in [6.07, 6.45) is 5.09. The number of hydrogen-bond acceptors (Lipinski definition) is 7. The number of carbonyl (C=O) groups excluding carboxylic acids is 1. The zero-order chi connectivity index (χ0) is 19.9. The van der Waals surface area contributed by atoms with E-state index in [1.54, 1.807) is 23.3 Å². The van der Waals surface area contributed by atoms with Gasteiger partial charge in [-0.1, -0.05) is 6.07 Å². The molecule has 9 heteroatoms. The summed E-state index contributed by atoms with van der Waals surface area (Å²) >= 11 is 0. The Morgan fingerprint density at radius 1 is 1.10 bits per heavy atom. The first-order valence-electron chi connectivity index (χ1n) is 9.56. The van der Waals surface area contributed by atoms with E-state index < -0.39 is 0 Å². The molecule has 2 aromatic heterocycles. The van der Waals surface area contributed by atoms with Crippen LogP contribution in [0.3, 0.4) is 0 Å². The Bertz CT molecular complexity index is 940. The zero-order valence-electron chi connectivity index (χ0n) is 16.0. The summed E-state index contributed by atoms with van der Waals surface area (Å²) in [4.78, 5) is 23.2. The third kappa shape index (κ3) is 4.88. The van der Waals surface area contributed by atoms with Gasteiger partial charge in [0.05, 0.1) is 18.9 Å². The highest BCUT2D eigenvalue weighted by Crippen LogP contribution is 2.15. The summed E-state index contributed by atoms with van der Waals surface area (Å²) in [5.74, 6) is 1.49. The van der Waals surface area contributed by atoms with Crippen molar-refractivity contribution in [2.75, 3.05) is 49.6 Å². The first kappa shape index (κ1) is 18.9. The molecule has 0 unspecified atom stereocenters. The third-order valence-electron chi connectivity index (χ3n) is 4.58. The van der Waals surface area contributed by atoms with Gasteiger partial charge in [0.25, 0.3) is 5.91 Å². The number of amides is 1. The fourth-order valence-corrected chi connectivity index (χ4v) is 3.09. The van der Waals surface area contributed by atoms with Crippen LogP contribution in [0, 0.1) is 0 Å². The molecule has 1 aliphatic rings. The van der Waals surface area contributed by atoms with Crippen molar-refractivity contribution in [3.05, 3.63) is 60.7 Å². The van der Waals surface area contributed by atoms with Crippen molar-refractivity contribution in [3.63, 3.8) is 0 Å². The second-order valence-electron chi connectivity index (χ2n) is 6.54. The van der Waals surface area contributed by atoms with Gasteiger partial charge in [0.15, 0.2) is 0 Å². The Hall–Kier alpha value is -3.46. The number of anilines is 2. The molecule has 4 rings (SSSR count). The lowest BCUT2D eigenvalue weighted by molar-refractivity contribution is 0.0955. The number of ether oxygens (including phenoxy) is 1. The molecule has 1 aromatic carbocycles. The number of carbonyl (C=O) groups is 1. The average Bonchev–Trinajstić information content (AvgIpc) is 3.33. The standard InChI is InChI=1S/C20H23N7O2/c28-20(16-3-1-4-17(13-16)27-8-2-5-25-27)22-7-6-21-18-14-19(24-15-23-18)26-9-11-29-12-10-26/h1-5,8,13-15H,6-7,9-12H2,(H,22,28)(H,21,23,24). The topological polar surface area (TPSA) is 97.2 Å². The van der Waals surface area contributed by atoms with E-state index in [0.29, 0.717) is 31.9 Å². The van der Waals surface area contributed by atoms with E-state index in [0.717, 1.165) is 30.4 Å². The fourth-order valence-electron chi connectivity index (χ4n) is 3.09. The molecule has 1 aliphatic heterocycles. The number of morpholine rings is 1. The van der Waals surface area contributed by atoms with Crippen LogP contribution in [0.1, 0.15) is 10.4 Å². The lowest BCUT2D eigenvalue weighted by atomic mass is 10.2. The lowest BCUT2D eigenvalue weighted by Crippen LogP contribution is -2.36. The smallest absolute Gasteiger partial charge is 0.251 e. The average molecular weight is 393 g/mol. The van der Waals surface area contributed by atoms with Crippen molar-refractivity contribution < 1.29 is 9.53 Å². The second-order valence-corrected chi connectivity index (χ2v) is 6.54. The number of nitrogens with one attached hydrogen (secondary N) is 2. The molecule has 2 N–H and O–H groups in total. The Kier molecular flexibility index (Phi) is 5.96. The zero-order valence-corrected chi connectivity index (χ0v) is 16.0. The van der Waals surface area contributed by atoms with Gasteiger partial charge in [0.2, 0.25) is 0 Å². The summed E-state index contributed by atoms with van der Waals surface area (Å²) in [5, 5.41) is 10.3. The van der Waals surface area contributed by atoms with Gasteiger partial charge in [-0.25, -0.2) is 14.6 Å². The molecule has 3 heterocycles. The van der Waals surface area contributed by atoms with Gasteiger partial charge in [-0.15, -0.1) is 0 Å². The van der Waals surface area contributed by atoms with Gasteiger partial charge in [-0.3, -0.25) is 4.79 Å². The van der Waals surface area contributed by atoms with Crippen LogP contribution >= 0.6 is 0 Å². The molecule has 1 fully saturated rings. The van der Waals surface area contributed by atoms with Crippen LogP contribution in [0.5, 0.6) is 0 Å². The van der Waals surface area contributed by atoms with Crippen molar-refractivity contribution in [1.29, 1.82) is 0 Å². The van der Waals surface area contributed by atoms with E-state index in [1.165, 1.54) is 0 Å². The van der Waals surface area contributed by atoms with Crippen LogP contribution in [0.15, 0.2) is 55.1 Å². The highest BCUT2D eigenvalue weighted by Gasteiger charge is 2.13. The minimum Gasteiger partial charge on any atom is -0.378 e. The summed E-state index contributed by atoms with van der Waals surface area (Å²) in [5.41, 5.74) is 1.44. The largest absolute Gasteiger partial charge is 0.378 e. The highest BCUT2D eigenvalue weighted by atomic mass is 16.5. The predicted octanol–water partition coefficient (Wildman–Crippen LogP) is 1.34. The summed E-state index contributed by atoms with van der Waals surface area (Å²) < 4.78 is 7.09. The minimum atomic E-state index is -0.127. The second kappa shape index (κ2) is 9.16. The van der Waals surface area contributed by atoms with Gasteiger partial charge in [-0.05, 0) is 24.3 Å². The SMILES string of the molecule is O=C(NCCNc1cc(N2CCOCC2)ncn1)c1cccc(-n2cccn2)c1.